The normalized spacial score (nSPS) is 21.2. The molecule has 0 bridgehead atoms. The molecule has 1 aromatic carbocycles. The van der Waals surface area contributed by atoms with Gasteiger partial charge < -0.3 is 14.6 Å². The maximum absolute atomic E-state index is 12.1. The van der Waals surface area contributed by atoms with Crippen LogP contribution in [0.4, 0.5) is 0 Å². The molecule has 2 aromatic rings. The fourth-order valence-electron chi connectivity index (χ4n) is 3.61. The molecule has 2 aliphatic heterocycles. The summed E-state index contributed by atoms with van der Waals surface area (Å²) in [6.07, 6.45) is 0. The van der Waals surface area contributed by atoms with Crippen molar-refractivity contribution in [2.45, 2.75) is 19.5 Å². The first kappa shape index (κ1) is 15.9. The van der Waals surface area contributed by atoms with Crippen LogP contribution in [0.2, 0.25) is 0 Å². The maximum Gasteiger partial charge on any atom is 0.244 e. The molecule has 130 valence electrons. The van der Waals surface area contributed by atoms with Crippen LogP contribution >= 0.6 is 0 Å². The van der Waals surface area contributed by atoms with Crippen molar-refractivity contribution in [1.29, 1.82) is 0 Å². The predicted octanol–water partition coefficient (Wildman–Crippen LogP) is 1.40. The van der Waals surface area contributed by atoms with Gasteiger partial charge >= 0.3 is 0 Å². The van der Waals surface area contributed by atoms with Gasteiger partial charge in [-0.05, 0) is 24.6 Å². The minimum absolute atomic E-state index is 0.00992. The van der Waals surface area contributed by atoms with Crippen molar-refractivity contribution in [1.82, 2.24) is 15.1 Å². The van der Waals surface area contributed by atoms with E-state index in [-0.39, 0.29) is 24.4 Å². The largest absolute Gasteiger partial charge is 0.461 e. The van der Waals surface area contributed by atoms with Crippen molar-refractivity contribution >= 4 is 11.8 Å². The second kappa shape index (κ2) is 6.37. The SMILES string of the molecule is Cc1ccc(-c2ccccc2CN2CCN3C(=O)CNC(=O)[C@@H]3C2)o1. The van der Waals surface area contributed by atoms with Gasteiger partial charge in [0, 0.05) is 31.7 Å². The highest BCUT2D eigenvalue weighted by molar-refractivity contribution is 5.95. The van der Waals surface area contributed by atoms with Gasteiger partial charge in [-0.15, -0.1) is 0 Å². The van der Waals surface area contributed by atoms with E-state index in [1.54, 1.807) is 4.90 Å². The Morgan fingerprint density at radius 2 is 2.00 bits per heavy atom. The van der Waals surface area contributed by atoms with E-state index < -0.39 is 0 Å². The average Bonchev–Trinajstić information content (AvgIpc) is 3.05. The second-order valence-corrected chi connectivity index (χ2v) is 6.62. The number of carbonyl (C=O) groups is 2. The van der Waals surface area contributed by atoms with Crippen LogP contribution in [0.25, 0.3) is 11.3 Å². The van der Waals surface area contributed by atoms with Crippen LogP contribution in [-0.2, 0) is 16.1 Å². The minimum atomic E-state index is -0.381. The highest BCUT2D eigenvalue weighted by atomic mass is 16.3. The van der Waals surface area contributed by atoms with Crippen molar-refractivity contribution in [3.05, 3.63) is 47.7 Å². The third kappa shape index (κ3) is 3.05. The van der Waals surface area contributed by atoms with Crippen LogP contribution in [0.3, 0.4) is 0 Å². The molecule has 0 unspecified atom stereocenters. The number of piperazine rings is 2. The summed E-state index contributed by atoms with van der Waals surface area (Å²) in [4.78, 5) is 28.0. The number of hydrogen-bond acceptors (Lipinski definition) is 4. The van der Waals surface area contributed by atoms with Crippen LogP contribution in [-0.4, -0.2) is 53.8 Å². The zero-order valence-electron chi connectivity index (χ0n) is 14.2. The summed E-state index contributed by atoms with van der Waals surface area (Å²) >= 11 is 0. The summed E-state index contributed by atoms with van der Waals surface area (Å²) in [5.74, 6) is 1.70. The number of rotatable bonds is 3. The molecule has 0 radical (unpaired) electrons. The summed E-state index contributed by atoms with van der Waals surface area (Å²) in [6.45, 7) is 4.70. The van der Waals surface area contributed by atoms with Crippen LogP contribution < -0.4 is 5.32 Å². The van der Waals surface area contributed by atoms with Crippen molar-refractivity contribution in [2.24, 2.45) is 0 Å². The molecule has 1 atom stereocenters. The molecule has 6 heteroatoms. The van der Waals surface area contributed by atoms with E-state index in [9.17, 15) is 9.59 Å². The van der Waals surface area contributed by atoms with Gasteiger partial charge in [-0.2, -0.15) is 0 Å². The Morgan fingerprint density at radius 3 is 2.80 bits per heavy atom. The summed E-state index contributed by atoms with van der Waals surface area (Å²) in [7, 11) is 0. The minimum Gasteiger partial charge on any atom is -0.461 e. The first-order valence-corrected chi connectivity index (χ1v) is 8.56. The standard InChI is InChI=1S/C19H21N3O3/c1-13-6-7-17(25-13)15-5-3-2-4-14(15)11-21-8-9-22-16(12-21)19(24)20-10-18(22)23/h2-7,16H,8-12H2,1H3,(H,20,24)/t16-/m0/s1. The Hall–Kier alpha value is -2.60. The topological polar surface area (TPSA) is 65.8 Å². The number of aryl methyl sites for hydroxylation is 1. The summed E-state index contributed by atoms with van der Waals surface area (Å²) < 4.78 is 5.78. The molecule has 3 heterocycles. The molecule has 6 nitrogen and oxygen atoms in total. The van der Waals surface area contributed by atoms with Gasteiger partial charge in [-0.1, -0.05) is 24.3 Å². The van der Waals surface area contributed by atoms with Crippen molar-refractivity contribution in [3.63, 3.8) is 0 Å². The Labute approximate surface area is 146 Å². The van der Waals surface area contributed by atoms with E-state index in [0.717, 1.165) is 35.7 Å². The quantitative estimate of drug-likeness (QED) is 0.918. The Bertz CT molecular complexity index is 814. The lowest BCUT2D eigenvalue weighted by molar-refractivity contribution is -0.149. The molecular weight excluding hydrogens is 318 g/mol. The van der Waals surface area contributed by atoms with E-state index in [1.165, 1.54) is 0 Å². The lowest BCUT2D eigenvalue weighted by Crippen LogP contribution is -2.65. The monoisotopic (exact) mass is 339 g/mol. The number of amides is 2. The molecule has 2 saturated heterocycles. The van der Waals surface area contributed by atoms with E-state index >= 15 is 0 Å². The average molecular weight is 339 g/mol. The lowest BCUT2D eigenvalue weighted by Gasteiger charge is -2.43. The van der Waals surface area contributed by atoms with E-state index in [2.05, 4.69) is 22.3 Å². The van der Waals surface area contributed by atoms with Crippen LogP contribution in [0.5, 0.6) is 0 Å². The number of benzene rings is 1. The molecule has 0 spiro atoms. The van der Waals surface area contributed by atoms with Crippen LogP contribution in [0, 0.1) is 6.92 Å². The first-order valence-electron chi connectivity index (χ1n) is 8.56. The summed E-state index contributed by atoms with van der Waals surface area (Å²) in [6, 6.07) is 11.7. The van der Waals surface area contributed by atoms with Crippen LogP contribution in [0.15, 0.2) is 40.8 Å². The molecular formula is C19H21N3O3. The summed E-state index contributed by atoms with van der Waals surface area (Å²) in [5.41, 5.74) is 2.23. The predicted molar refractivity (Wildman–Crippen MR) is 92.7 cm³/mol. The van der Waals surface area contributed by atoms with Gasteiger partial charge in [-0.25, -0.2) is 0 Å². The number of carbonyl (C=O) groups excluding carboxylic acids is 2. The zero-order valence-corrected chi connectivity index (χ0v) is 14.2. The second-order valence-electron chi connectivity index (χ2n) is 6.62. The number of fused-ring (bicyclic) bond motifs is 1. The molecule has 1 N–H and O–H groups in total. The number of hydrogen-bond donors (Lipinski definition) is 1. The fraction of sp³-hybridized carbons (Fsp3) is 0.368. The van der Waals surface area contributed by atoms with Gasteiger partial charge in [0.1, 0.15) is 17.6 Å². The number of nitrogens with one attached hydrogen (secondary N) is 1. The Kier molecular flexibility index (Phi) is 4.05. The molecule has 1 aromatic heterocycles. The van der Waals surface area contributed by atoms with Gasteiger partial charge in [0.15, 0.2) is 0 Å². The molecule has 2 fully saturated rings. The smallest absolute Gasteiger partial charge is 0.244 e. The molecule has 4 rings (SSSR count). The van der Waals surface area contributed by atoms with Gasteiger partial charge in [0.25, 0.3) is 0 Å². The fourth-order valence-corrected chi connectivity index (χ4v) is 3.61. The van der Waals surface area contributed by atoms with Crippen molar-refractivity contribution in [3.8, 4) is 11.3 Å². The number of furan rings is 1. The molecule has 2 aliphatic rings. The highest BCUT2D eigenvalue weighted by Gasteiger charge is 2.38. The third-order valence-electron chi connectivity index (χ3n) is 4.92. The molecule has 25 heavy (non-hydrogen) atoms. The van der Waals surface area contributed by atoms with Crippen LogP contribution in [0.1, 0.15) is 11.3 Å². The Balaban J connectivity index is 1.54. The molecule has 0 aliphatic carbocycles. The highest BCUT2D eigenvalue weighted by Crippen LogP contribution is 2.27. The maximum atomic E-state index is 12.1. The van der Waals surface area contributed by atoms with Gasteiger partial charge in [0.05, 0.1) is 6.54 Å². The first-order chi connectivity index (χ1) is 12.1. The third-order valence-corrected chi connectivity index (χ3v) is 4.92. The van der Waals surface area contributed by atoms with Gasteiger partial charge in [-0.3, -0.25) is 14.5 Å². The van der Waals surface area contributed by atoms with Crippen molar-refractivity contribution < 1.29 is 14.0 Å². The molecule has 2 amide bonds. The van der Waals surface area contributed by atoms with E-state index in [1.807, 2.05) is 31.2 Å². The van der Waals surface area contributed by atoms with E-state index in [0.29, 0.717) is 13.1 Å². The van der Waals surface area contributed by atoms with Gasteiger partial charge in [0.2, 0.25) is 11.8 Å². The Morgan fingerprint density at radius 1 is 1.16 bits per heavy atom. The molecule has 0 saturated carbocycles. The number of nitrogens with zero attached hydrogens (tertiary/aromatic N) is 2. The summed E-state index contributed by atoms with van der Waals surface area (Å²) in [5, 5.41) is 2.68. The lowest BCUT2D eigenvalue weighted by atomic mass is 10.0. The zero-order chi connectivity index (χ0) is 17.4. The van der Waals surface area contributed by atoms with Crippen molar-refractivity contribution in [2.75, 3.05) is 26.2 Å². The van der Waals surface area contributed by atoms with E-state index in [4.69, 9.17) is 4.42 Å².